The highest BCUT2D eigenvalue weighted by Crippen LogP contribution is 2.06. The fraction of sp³-hybridized carbons (Fsp3) is 0.429. The number of hydrogen-bond donors (Lipinski definition) is 0. The molecule has 104 valence electrons. The van der Waals surface area contributed by atoms with Crippen LogP contribution in [0.15, 0.2) is 30.3 Å². The van der Waals surface area contributed by atoms with Crippen LogP contribution < -0.4 is 0 Å². The third-order valence-electron chi connectivity index (χ3n) is 2.37. The van der Waals surface area contributed by atoms with Crippen LogP contribution in [0.3, 0.4) is 0 Å². The average molecular weight is 265 g/mol. The average Bonchev–Trinajstić information content (AvgIpc) is 2.40. The molecule has 0 aliphatic carbocycles. The van der Waals surface area contributed by atoms with Crippen molar-refractivity contribution in [2.45, 2.75) is 20.4 Å². The van der Waals surface area contributed by atoms with E-state index >= 15 is 0 Å². The zero-order valence-corrected chi connectivity index (χ0v) is 11.3. The Hall–Kier alpha value is -2.04. The Morgan fingerprint density at radius 1 is 1.05 bits per heavy atom. The molecule has 1 aromatic carbocycles. The monoisotopic (exact) mass is 265 g/mol. The molecule has 0 fully saturated rings. The molecule has 1 amide bonds. The van der Waals surface area contributed by atoms with E-state index in [4.69, 9.17) is 9.47 Å². The van der Waals surface area contributed by atoms with Crippen molar-refractivity contribution in [3.8, 4) is 0 Å². The number of nitrogens with zero attached hydrogens (tertiary/aromatic N) is 1. The van der Waals surface area contributed by atoms with Crippen molar-refractivity contribution in [2.24, 2.45) is 0 Å². The van der Waals surface area contributed by atoms with Crippen LogP contribution in [0.5, 0.6) is 0 Å². The topological polar surface area (TPSA) is 55.8 Å². The van der Waals surface area contributed by atoms with Crippen molar-refractivity contribution >= 4 is 12.1 Å². The molecule has 0 aliphatic heterocycles. The lowest BCUT2D eigenvalue weighted by Crippen LogP contribution is -2.36. The maximum absolute atomic E-state index is 11.8. The molecule has 1 rings (SSSR count). The third kappa shape index (κ3) is 5.42. The van der Waals surface area contributed by atoms with Crippen LogP contribution in [0.25, 0.3) is 0 Å². The minimum Gasteiger partial charge on any atom is -0.465 e. The van der Waals surface area contributed by atoms with E-state index in [-0.39, 0.29) is 13.2 Å². The Kier molecular flexibility index (Phi) is 6.43. The lowest BCUT2D eigenvalue weighted by molar-refractivity contribution is -0.144. The first-order valence-electron chi connectivity index (χ1n) is 6.28. The van der Waals surface area contributed by atoms with Gasteiger partial charge in [0.2, 0.25) is 0 Å². The van der Waals surface area contributed by atoms with Crippen LogP contribution in [0.2, 0.25) is 0 Å². The smallest absolute Gasteiger partial charge is 0.410 e. The first-order chi connectivity index (χ1) is 9.17. The molecule has 5 heteroatoms. The number of carbonyl (C=O) groups excluding carboxylic acids is 2. The minimum atomic E-state index is -0.514. The van der Waals surface area contributed by atoms with E-state index in [0.29, 0.717) is 13.2 Å². The van der Waals surface area contributed by atoms with Gasteiger partial charge in [-0.05, 0) is 19.4 Å². The summed E-state index contributed by atoms with van der Waals surface area (Å²) in [4.78, 5) is 24.6. The maximum Gasteiger partial charge on any atom is 0.410 e. The Labute approximate surface area is 113 Å². The van der Waals surface area contributed by atoms with Crippen LogP contribution >= 0.6 is 0 Å². The molecule has 0 N–H and O–H groups in total. The highest BCUT2D eigenvalue weighted by atomic mass is 16.6. The molecule has 0 bridgehead atoms. The van der Waals surface area contributed by atoms with Crippen LogP contribution in [0, 0.1) is 0 Å². The lowest BCUT2D eigenvalue weighted by atomic mass is 10.2. The van der Waals surface area contributed by atoms with E-state index in [1.807, 2.05) is 30.3 Å². The molecule has 0 atom stereocenters. The predicted octanol–water partition coefficient (Wildman–Crippen LogP) is 2.21. The van der Waals surface area contributed by atoms with E-state index in [1.165, 1.54) is 4.90 Å². The molecule has 0 saturated heterocycles. The summed E-state index contributed by atoms with van der Waals surface area (Å²) in [7, 11) is 0. The quantitative estimate of drug-likeness (QED) is 0.740. The van der Waals surface area contributed by atoms with Crippen molar-refractivity contribution < 1.29 is 19.1 Å². The number of esters is 1. The predicted molar refractivity (Wildman–Crippen MR) is 70.5 cm³/mol. The fourth-order valence-electron chi connectivity index (χ4n) is 1.57. The van der Waals surface area contributed by atoms with Gasteiger partial charge in [0.25, 0.3) is 0 Å². The van der Waals surface area contributed by atoms with Gasteiger partial charge in [-0.25, -0.2) is 4.79 Å². The van der Waals surface area contributed by atoms with Gasteiger partial charge < -0.3 is 9.47 Å². The summed E-state index contributed by atoms with van der Waals surface area (Å²) in [5, 5.41) is 0. The second kappa shape index (κ2) is 8.13. The molecular formula is C14H19NO4. The summed E-state index contributed by atoms with van der Waals surface area (Å²) in [5.41, 5.74) is 0.930. The molecule has 1 aromatic rings. The fourth-order valence-corrected chi connectivity index (χ4v) is 1.57. The van der Waals surface area contributed by atoms with Crippen LogP contribution in [-0.2, 0) is 20.8 Å². The Bertz CT molecular complexity index is 405. The zero-order chi connectivity index (χ0) is 14.1. The Morgan fingerprint density at radius 3 is 2.26 bits per heavy atom. The summed E-state index contributed by atoms with van der Waals surface area (Å²) in [5.74, 6) is -0.438. The minimum absolute atomic E-state index is 0.110. The molecule has 0 heterocycles. The van der Waals surface area contributed by atoms with Gasteiger partial charge in [-0.15, -0.1) is 0 Å². The van der Waals surface area contributed by atoms with Gasteiger partial charge in [0.05, 0.1) is 13.2 Å². The van der Waals surface area contributed by atoms with Crippen molar-refractivity contribution in [1.29, 1.82) is 0 Å². The summed E-state index contributed by atoms with van der Waals surface area (Å²) < 4.78 is 9.78. The number of amides is 1. The molecule has 0 aliphatic rings. The van der Waals surface area contributed by atoms with Crippen molar-refractivity contribution in [3.63, 3.8) is 0 Å². The van der Waals surface area contributed by atoms with Gasteiger partial charge in [0.15, 0.2) is 0 Å². The number of hydrogen-bond acceptors (Lipinski definition) is 4. The molecular weight excluding hydrogens is 246 g/mol. The van der Waals surface area contributed by atoms with E-state index in [2.05, 4.69) is 0 Å². The van der Waals surface area contributed by atoms with Gasteiger partial charge >= 0.3 is 12.1 Å². The molecule has 5 nitrogen and oxygen atoms in total. The van der Waals surface area contributed by atoms with E-state index in [0.717, 1.165) is 5.56 Å². The zero-order valence-electron chi connectivity index (χ0n) is 11.3. The van der Waals surface area contributed by atoms with Gasteiger partial charge in [0, 0.05) is 6.54 Å². The molecule has 19 heavy (non-hydrogen) atoms. The first-order valence-corrected chi connectivity index (χ1v) is 6.28. The first kappa shape index (κ1) is 15.0. The van der Waals surface area contributed by atoms with Gasteiger partial charge in [-0.2, -0.15) is 0 Å². The number of ether oxygens (including phenoxy) is 2. The summed E-state index contributed by atoms with van der Waals surface area (Å²) in [6.07, 6.45) is -0.514. The molecule has 0 radical (unpaired) electrons. The van der Waals surface area contributed by atoms with Crippen LogP contribution in [0.1, 0.15) is 19.4 Å². The van der Waals surface area contributed by atoms with Crippen LogP contribution in [-0.4, -0.2) is 36.7 Å². The Balaban J connectivity index is 2.69. The lowest BCUT2D eigenvalue weighted by Gasteiger charge is -2.20. The van der Waals surface area contributed by atoms with Crippen molar-refractivity contribution in [1.82, 2.24) is 4.90 Å². The van der Waals surface area contributed by atoms with Crippen molar-refractivity contribution in [2.75, 3.05) is 19.8 Å². The number of carbonyl (C=O) groups is 2. The van der Waals surface area contributed by atoms with E-state index in [9.17, 15) is 9.59 Å². The molecule has 0 unspecified atom stereocenters. The number of benzene rings is 1. The highest BCUT2D eigenvalue weighted by Gasteiger charge is 2.19. The SMILES string of the molecule is CCOC(=O)CN(Cc1ccccc1)C(=O)OCC. The van der Waals surface area contributed by atoms with Crippen molar-refractivity contribution in [3.05, 3.63) is 35.9 Å². The maximum atomic E-state index is 11.8. The van der Waals surface area contributed by atoms with Crippen LogP contribution in [0.4, 0.5) is 4.79 Å². The largest absolute Gasteiger partial charge is 0.465 e. The second-order valence-electron chi connectivity index (χ2n) is 3.85. The Morgan fingerprint density at radius 2 is 1.68 bits per heavy atom. The van der Waals surface area contributed by atoms with E-state index < -0.39 is 12.1 Å². The summed E-state index contributed by atoms with van der Waals surface area (Å²) in [6, 6.07) is 9.42. The highest BCUT2D eigenvalue weighted by molar-refractivity contribution is 5.78. The normalized spacial score (nSPS) is 9.79. The third-order valence-corrected chi connectivity index (χ3v) is 2.37. The van der Waals surface area contributed by atoms with E-state index in [1.54, 1.807) is 13.8 Å². The molecule has 0 spiro atoms. The summed E-state index contributed by atoms with van der Waals surface area (Å²) >= 11 is 0. The summed E-state index contributed by atoms with van der Waals surface area (Å²) in [6.45, 7) is 4.22. The van der Waals surface area contributed by atoms with Gasteiger partial charge in [0.1, 0.15) is 6.54 Å². The van der Waals surface area contributed by atoms with Gasteiger partial charge in [-0.3, -0.25) is 9.69 Å². The second-order valence-corrected chi connectivity index (χ2v) is 3.85. The molecule has 0 aromatic heterocycles. The number of rotatable bonds is 6. The molecule has 0 saturated carbocycles. The van der Waals surface area contributed by atoms with Gasteiger partial charge in [-0.1, -0.05) is 30.3 Å². The standard InChI is InChI=1S/C14H19NO4/c1-3-18-13(16)11-15(14(17)19-4-2)10-12-8-6-5-7-9-12/h5-9H,3-4,10-11H2,1-2H3.